The Morgan fingerprint density at radius 1 is 1.24 bits per heavy atom. The van der Waals surface area contributed by atoms with Crippen LogP contribution in [0.5, 0.6) is 11.5 Å². The maximum absolute atomic E-state index is 5.40. The van der Waals surface area contributed by atoms with Crippen molar-refractivity contribution in [3.63, 3.8) is 0 Å². The van der Waals surface area contributed by atoms with Crippen LogP contribution in [0.15, 0.2) is 28.6 Å². The summed E-state index contributed by atoms with van der Waals surface area (Å²) in [5, 5.41) is 9.84. The van der Waals surface area contributed by atoms with Crippen LogP contribution in [0.25, 0.3) is 0 Å². The molecule has 136 valence electrons. The van der Waals surface area contributed by atoms with Crippen molar-refractivity contribution in [2.75, 3.05) is 13.8 Å². The van der Waals surface area contributed by atoms with Crippen LogP contribution >= 0.6 is 35.3 Å². The first-order valence-electron chi connectivity index (χ1n) is 7.93. The van der Waals surface area contributed by atoms with Gasteiger partial charge in [-0.25, -0.2) is 4.98 Å². The largest absolute Gasteiger partial charge is 0.454 e. The number of guanidine groups is 1. The van der Waals surface area contributed by atoms with Gasteiger partial charge in [0.2, 0.25) is 6.79 Å². The molecule has 8 heteroatoms. The Kier molecular flexibility index (Phi) is 7.30. The molecule has 1 aromatic carbocycles. The summed E-state index contributed by atoms with van der Waals surface area (Å²) in [6, 6.07) is 5.93. The fraction of sp³-hybridized carbons (Fsp3) is 0.412. The van der Waals surface area contributed by atoms with Crippen molar-refractivity contribution in [3.8, 4) is 11.5 Å². The Balaban J connectivity index is 0.00000225. The fourth-order valence-electron chi connectivity index (χ4n) is 2.30. The monoisotopic (exact) mass is 474 g/mol. The van der Waals surface area contributed by atoms with Crippen molar-refractivity contribution in [3.05, 3.63) is 39.8 Å². The lowest BCUT2D eigenvalue weighted by Crippen LogP contribution is -2.36. The lowest BCUT2D eigenvalue weighted by Gasteiger charge is -2.11. The number of aromatic nitrogens is 1. The molecule has 1 aliphatic rings. The van der Waals surface area contributed by atoms with E-state index in [1.165, 1.54) is 0 Å². The van der Waals surface area contributed by atoms with Gasteiger partial charge in [-0.15, -0.1) is 35.3 Å². The number of fused-ring (bicyclic) bond motifs is 1. The zero-order chi connectivity index (χ0) is 16.9. The van der Waals surface area contributed by atoms with Gasteiger partial charge in [0.1, 0.15) is 0 Å². The number of aliphatic imine (C=N–C) groups is 1. The third-order valence-electron chi connectivity index (χ3n) is 3.62. The molecule has 0 unspecified atom stereocenters. The van der Waals surface area contributed by atoms with Crippen LogP contribution in [0, 0.1) is 0 Å². The Labute approximate surface area is 169 Å². The number of ether oxygens (including phenoxy) is 2. The highest BCUT2D eigenvalue weighted by Crippen LogP contribution is 2.32. The Bertz CT molecular complexity index is 733. The van der Waals surface area contributed by atoms with Gasteiger partial charge < -0.3 is 20.1 Å². The van der Waals surface area contributed by atoms with E-state index in [9.17, 15) is 0 Å². The quantitative estimate of drug-likeness (QED) is 0.395. The summed E-state index contributed by atoms with van der Waals surface area (Å²) < 4.78 is 10.7. The van der Waals surface area contributed by atoms with Gasteiger partial charge in [0.15, 0.2) is 17.5 Å². The van der Waals surface area contributed by atoms with Crippen LogP contribution in [-0.2, 0) is 13.1 Å². The van der Waals surface area contributed by atoms with E-state index >= 15 is 0 Å². The van der Waals surface area contributed by atoms with E-state index in [0.29, 0.717) is 25.8 Å². The second kappa shape index (κ2) is 9.23. The number of nitrogens with zero attached hydrogens (tertiary/aromatic N) is 2. The molecule has 2 N–H and O–H groups in total. The molecule has 2 heterocycles. The summed E-state index contributed by atoms with van der Waals surface area (Å²) in [5.41, 5.74) is 2.15. The number of halogens is 1. The van der Waals surface area contributed by atoms with Crippen molar-refractivity contribution in [2.45, 2.75) is 32.9 Å². The predicted octanol–water partition coefficient (Wildman–Crippen LogP) is 3.48. The molecule has 0 atom stereocenters. The summed E-state index contributed by atoms with van der Waals surface area (Å²) in [6.45, 7) is 5.92. The molecule has 0 aliphatic carbocycles. The van der Waals surface area contributed by atoms with Gasteiger partial charge in [-0.3, -0.25) is 4.99 Å². The first kappa shape index (κ1) is 19.8. The molecule has 0 fully saturated rings. The van der Waals surface area contributed by atoms with Crippen LogP contribution in [0.1, 0.15) is 36.0 Å². The minimum absolute atomic E-state index is 0. The van der Waals surface area contributed by atoms with Gasteiger partial charge in [0.25, 0.3) is 0 Å². The maximum atomic E-state index is 5.40. The van der Waals surface area contributed by atoms with E-state index < -0.39 is 0 Å². The van der Waals surface area contributed by atoms with Crippen LogP contribution < -0.4 is 20.1 Å². The number of thiazole rings is 1. The smallest absolute Gasteiger partial charge is 0.231 e. The predicted molar refractivity (Wildman–Crippen MR) is 111 cm³/mol. The molecule has 1 aromatic heterocycles. The van der Waals surface area contributed by atoms with Gasteiger partial charge in [0.05, 0.1) is 17.2 Å². The number of hydrogen-bond donors (Lipinski definition) is 2. The zero-order valence-electron chi connectivity index (χ0n) is 14.5. The highest BCUT2D eigenvalue weighted by molar-refractivity contribution is 14.0. The number of rotatable bonds is 5. The first-order valence-corrected chi connectivity index (χ1v) is 8.81. The summed E-state index contributed by atoms with van der Waals surface area (Å²) in [7, 11) is 1.76. The van der Waals surface area contributed by atoms with Crippen molar-refractivity contribution in [1.29, 1.82) is 0 Å². The molecule has 0 radical (unpaired) electrons. The normalized spacial score (nSPS) is 12.9. The summed E-state index contributed by atoms with van der Waals surface area (Å²) in [4.78, 5) is 8.86. The van der Waals surface area contributed by atoms with E-state index in [0.717, 1.165) is 33.7 Å². The third kappa shape index (κ3) is 5.21. The van der Waals surface area contributed by atoms with E-state index in [2.05, 4.69) is 39.8 Å². The fourth-order valence-corrected chi connectivity index (χ4v) is 3.14. The molecule has 0 bridgehead atoms. The summed E-state index contributed by atoms with van der Waals surface area (Å²) in [6.07, 6.45) is 0. The van der Waals surface area contributed by atoms with Crippen LogP contribution in [-0.4, -0.2) is 24.8 Å². The standard InChI is InChI=1S/C17H22N4O2S.HI/c1-11(2)16-21-13(9-24-16)8-20-17(18-3)19-7-12-4-5-14-15(6-12)23-10-22-14;/h4-6,9,11H,7-8,10H2,1-3H3,(H2,18,19,20);1H. The lowest BCUT2D eigenvalue weighted by atomic mass is 10.2. The topological polar surface area (TPSA) is 67.8 Å². The van der Waals surface area contributed by atoms with Gasteiger partial charge in [0, 0.05) is 24.9 Å². The van der Waals surface area contributed by atoms with Crippen molar-refractivity contribution in [2.24, 2.45) is 4.99 Å². The summed E-state index contributed by atoms with van der Waals surface area (Å²) >= 11 is 1.70. The average Bonchev–Trinajstić information content (AvgIpc) is 3.23. The Hall–Kier alpha value is -1.55. The molecule has 25 heavy (non-hydrogen) atoms. The number of benzene rings is 1. The first-order chi connectivity index (χ1) is 11.7. The van der Waals surface area contributed by atoms with E-state index in [4.69, 9.17) is 9.47 Å². The second-order valence-electron chi connectivity index (χ2n) is 5.80. The van der Waals surface area contributed by atoms with Crippen LogP contribution in [0.4, 0.5) is 0 Å². The second-order valence-corrected chi connectivity index (χ2v) is 6.69. The molecule has 6 nitrogen and oxygen atoms in total. The third-order valence-corrected chi connectivity index (χ3v) is 4.82. The summed E-state index contributed by atoms with van der Waals surface area (Å²) in [5.74, 6) is 2.80. The molecule has 0 amide bonds. The SMILES string of the molecule is CN=C(NCc1ccc2c(c1)OCO2)NCc1csc(C(C)C)n1.I. The maximum Gasteiger partial charge on any atom is 0.231 e. The van der Waals surface area contributed by atoms with E-state index in [-0.39, 0.29) is 24.0 Å². The van der Waals surface area contributed by atoms with Crippen molar-refractivity contribution < 1.29 is 9.47 Å². The highest BCUT2D eigenvalue weighted by atomic mass is 127. The average molecular weight is 474 g/mol. The van der Waals surface area contributed by atoms with Gasteiger partial charge in [-0.2, -0.15) is 0 Å². The van der Waals surface area contributed by atoms with E-state index in [1.807, 2.05) is 18.2 Å². The van der Waals surface area contributed by atoms with E-state index in [1.54, 1.807) is 18.4 Å². The highest BCUT2D eigenvalue weighted by Gasteiger charge is 2.13. The molecule has 0 saturated heterocycles. The van der Waals surface area contributed by atoms with Gasteiger partial charge in [-0.05, 0) is 17.7 Å². The minimum atomic E-state index is 0. The van der Waals surface area contributed by atoms with Crippen molar-refractivity contribution in [1.82, 2.24) is 15.6 Å². The molecular formula is C17H23IN4O2S. The van der Waals surface area contributed by atoms with Crippen LogP contribution in [0.3, 0.4) is 0 Å². The van der Waals surface area contributed by atoms with Gasteiger partial charge in [-0.1, -0.05) is 19.9 Å². The minimum Gasteiger partial charge on any atom is -0.454 e. The molecule has 0 spiro atoms. The Morgan fingerprint density at radius 3 is 2.72 bits per heavy atom. The lowest BCUT2D eigenvalue weighted by molar-refractivity contribution is 0.174. The zero-order valence-corrected chi connectivity index (χ0v) is 17.7. The number of hydrogen-bond acceptors (Lipinski definition) is 5. The molecule has 2 aromatic rings. The van der Waals surface area contributed by atoms with Crippen LogP contribution in [0.2, 0.25) is 0 Å². The van der Waals surface area contributed by atoms with Crippen molar-refractivity contribution >= 4 is 41.3 Å². The molecular weight excluding hydrogens is 451 g/mol. The molecule has 1 aliphatic heterocycles. The Morgan fingerprint density at radius 2 is 2.00 bits per heavy atom. The van der Waals surface area contributed by atoms with Gasteiger partial charge >= 0.3 is 0 Å². The number of nitrogens with one attached hydrogen (secondary N) is 2. The molecule has 0 saturated carbocycles. The molecule has 3 rings (SSSR count).